The lowest BCUT2D eigenvalue weighted by atomic mass is 9.66. The van der Waals surface area contributed by atoms with Gasteiger partial charge in [-0.25, -0.2) is 0 Å². The monoisotopic (exact) mass is 695 g/mol. The lowest BCUT2D eigenvalue weighted by Crippen LogP contribution is -2.32. The van der Waals surface area contributed by atoms with Crippen LogP contribution in [0, 0.1) is 0 Å². The van der Waals surface area contributed by atoms with E-state index < -0.39 is 5.41 Å². The second-order valence-electron chi connectivity index (χ2n) is 14.0. The van der Waals surface area contributed by atoms with Crippen LogP contribution in [0.5, 0.6) is 11.5 Å². The molecule has 3 heterocycles. The summed E-state index contributed by atoms with van der Waals surface area (Å²) in [6.45, 7) is 0. The summed E-state index contributed by atoms with van der Waals surface area (Å²) in [7, 11) is 0. The highest BCUT2D eigenvalue weighted by molar-refractivity contribution is 7.25. The molecule has 53 heavy (non-hydrogen) atoms. The van der Waals surface area contributed by atoms with E-state index in [1.54, 1.807) is 0 Å². The Morgan fingerprint density at radius 1 is 0.434 bits per heavy atom. The van der Waals surface area contributed by atoms with Gasteiger partial charge in [-0.2, -0.15) is 0 Å². The number of benzene rings is 8. The van der Waals surface area contributed by atoms with Crippen LogP contribution in [-0.2, 0) is 5.41 Å². The first-order valence-electron chi connectivity index (χ1n) is 18.0. The molecule has 0 N–H and O–H groups in total. The Morgan fingerprint density at radius 3 is 1.91 bits per heavy atom. The number of para-hydroxylation sites is 3. The SMILES string of the molecule is c1ccc2c(c1)Oc1ccccc1C21c2ccccc2-c2c(N(c3ccc4c(c3)sc3ccccc34)c3ccc4oc5ccccc5c4c3)cccc21. The third-order valence-electron chi connectivity index (χ3n) is 11.3. The summed E-state index contributed by atoms with van der Waals surface area (Å²) in [6, 6.07) is 63.5. The average Bonchev–Trinajstić information content (AvgIpc) is 3.87. The fourth-order valence-electron chi connectivity index (χ4n) is 9.20. The first kappa shape index (κ1) is 29.0. The summed E-state index contributed by atoms with van der Waals surface area (Å²) < 4.78 is 15.5. The lowest BCUT2D eigenvalue weighted by molar-refractivity contribution is 0.436. The molecule has 0 atom stereocenters. The van der Waals surface area contributed by atoms with Crippen LogP contribution >= 0.6 is 11.3 Å². The molecule has 12 rings (SSSR count). The van der Waals surface area contributed by atoms with Crippen LogP contribution in [0.2, 0.25) is 0 Å². The van der Waals surface area contributed by atoms with Gasteiger partial charge < -0.3 is 14.1 Å². The molecule has 0 unspecified atom stereocenters. The number of hydrogen-bond acceptors (Lipinski definition) is 4. The van der Waals surface area contributed by atoms with Crippen molar-refractivity contribution in [3.63, 3.8) is 0 Å². The summed E-state index contributed by atoms with van der Waals surface area (Å²) >= 11 is 1.85. The van der Waals surface area contributed by atoms with Crippen LogP contribution in [0.4, 0.5) is 17.1 Å². The second kappa shape index (κ2) is 10.7. The minimum Gasteiger partial charge on any atom is -0.457 e. The van der Waals surface area contributed by atoms with Crippen LogP contribution < -0.4 is 9.64 Å². The Balaban J connectivity index is 1.18. The predicted molar refractivity (Wildman–Crippen MR) is 219 cm³/mol. The molecule has 0 amide bonds. The van der Waals surface area contributed by atoms with Crippen LogP contribution in [0.1, 0.15) is 22.3 Å². The molecule has 1 aliphatic heterocycles. The third kappa shape index (κ3) is 3.88. The number of nitrogens with zero attached hydrogens (tertiary/aromatic N) is 1. The molecule has 1 spiro atoms. The second-order valence-corrected chi connectivity index (χ2v) is 15.1. The molecule has 2 aromatic heterocycles. The summed E-state index contributed by atoms with van der Waals surface area (Å²) in [5, 5.41) is 4.79. The van der Waals surface area contributed by atoms with E-state index in [0.717, 1.165) is 61.6 Å². The minimum atomic E-state index is -0.556. The molecule has 0 bridgehead atoms. The van der Waals surface area contributed by atoms with Gasteiger partial charge >= 0.3 is 0 Å². The van der Waals surface area contributed by atoms with Crippen LogP contribution in [0.25, 0.3) is 53.2 Å². The van der Waals surface area contributed by atoms with Gasteiger partial charge in [0.1, 0.15) is 22.7 Å². The van der Waals surface area contributed by atoms with E-state index in [1.807, 2.05) is 23.5 Å². The van der Waals surface area contributed by atoms with Crippen molar-refractivity contribution in [1.29, 1.82) is 0 Å². The zero-order valence-corrected chi connectivity index (χ0v) is 29.2. The molecule has 0 saturated heterocycles. The molecule has 10 aromatic rings. The number of rotatable bonds is 3. The van der Waals surface area contributed by atoms with Gasteiger partial charge in [0.2, 0.25) is 0 Å². The molecule has 3 nitrogen and oxygen atoms in total. The Hall–Kier alpha value is -6.62. The van der Waals surface area contributed by atoms with Gasteiger partial charge in [0, 0.05) is 59.0 Å². The zero-order valence-electron chi connectivity index (χ0n) is 28.4. The summed E-state index contributed by atoms with van der Waals surface area (Å²) in [5.74, 6) is 1.78. The molecule has 1 aliphatic carbocycles. The summed E-state index contributed by atoms with van der Waals surface area (Å²) in [4.78, 5) is 2.46. The minimum absolute atomic E-state index is 0.556. The van der Waals surface area contributed by atoms with Gasteiger partial charge in [-0.15, -0.1) is 11.3 Å². The van der Waals surface area contributed by atoms with Crippen LogP contribution in [0.15, 0.2) is 180 Å². The highest BCUT2D eigenvalue weighted by Gasteiger charge is 2.51. The van der Waals surface area contributed by atoms with Crippen LogP contribution in [-0.4, -0.2) is 0 Å². The van der Waals surface area contributed by atoms with E-state index in [4.69, 9.17) is 9.15 Å². The predicted octanol–water partition coefficient (Wildman–Crippen LogP) is 13.9. The van der Waals surface area contributed by atoms with Crippen molar-refractivity contribution >= 4 is 70.5 Å². The molecule has 0 fully saturated rings. The Bertz CT molecular complexity index is 3090. The molecule has 0 radical (unpaired) electrons. The maximum atomic E-state index is 6.63. The first-order chi connectivity index (χ1) is 26.3. The molecule has 4 heteroatoms. The topological polar surface area (TPSA) is 25.6 Å². The van der Waals surface area contributed by atoms with E-state index in [9.17, 15) is 0 Å². The Labute approximate surface area is 309 Å². The number of furan rings is 1. The van der Waals surface area contributed by atoms with Crippen molar-refractivity contribution in [1.82, 2.24) is 0 Å². The molecular formula is C49H29NO2S. The number of hydrogen-bond donors (Lipinski definition) is 0. The lowest BCUT2D eigenvalue weighted by Gasteiger charge is -2.39. The smallest absolute Gasteiger partial charge is 0.135 e. The van der Waals surface area contributed by atoms with Crippen molar-refractivity contribution in [2.24, 2.45) is 0 Å². The third-order valence-corrected chi connectivity index (χ3v) is 12.5. The van der Waals surface area contributed by atoms with Crippen molar-refractivity contribution in [3.05, 3.63) is 198 Å². The largest absolute Gasteiger partial charge is 0.457 e. The quantitative estimate of drug-likeness (QED) is 0.184. The van der Waals surface area contributed by atoms with Crippen molar-refractivity contribution in [2.75, 3.05) is 4.90 Å². The van der Waals surface area contributed by atoms with Gasteiger partial charge in [-0.05, 0) is 77.4 Å². The fraction of sp³-hybridized carbons (Fsp3) is 0.0204. The number of thiophene rings is 1. The maximum Gasteiger partial charge on any atom is 0.135 e. The highest BCUT2D eigenvalue weighted by atomic mass is 32.1. The van der Waals surface area contributed by atoms with Gasteiger partial charge in [0.05, 0.1) is 11.1 Å². The summed E-state index contributed by atoms with van der Waals surface area (Å²) in [5.41, 5.74) is 11.8. The molecule has 2 aliphatic rings. The highest BCUT2D eigenvalue weighted by Crippen LogP contribution is 2.64. The van der Waals surface area contributed by atoms with E-state index in [-0.39, 0.29) is 0 Å². The molecule has 0 saturated carbocycles. The van der Waals surface area contributed by atoms with Gasteiger partial charge in [-0.1, -0.05) is 115 Å². The van der Waals surface area contributed by atoms with E-state index in [2.05, 4.69) is 169 Å². The van der Waals surface area contributed by atoms with E-state index in [1.165, 1.54) is 42.4 Å². The maximum absolute atomic E-state index is 6.63. The number of anilines is 3. The van der Waals surface area contributed by atoms with E-state index >= 15 is 0 Å². The van der Waals surface area contributed by atoms with Gasteiger partial charge in [-0.3, -0.25) is 0 Å². The molecule has 8 aromatic carbocycles. The zero-order chi connectivity index (χ0) is 34.7. The van der Waals surface area contributed by atoms with Gasteiger partial charge in [0.15, 0.2) is 0 Å². The van der Waals surface area contributed by atoms with Crippen LogP contribution in [0.3, 0.4) is 0 Å². The van der Waals surface area contributed by atoms with Crippen molar-refractivity contribution in [2.45, 2.75) is 5.41 Å². The number of ether oxygens (including phenoxy) is 1. The molecular weight excluding hydrogens is 667 g/mol. The van der Waals surface area contributed by atoms with Crippen molar-refractivity contribution in [3.8, 4) is 22.6 Å². The van der Waals surface area contributed by atoms with Gasteiger partial charge in [0.25, 0.3) is 0 Å². The van der Waals surface area contributed by atoms with Crippen molar-refractivity contribution < 1.29 is 9.15 Å². The molecule has 248 valence electrons. The Kier molecular flexibility index (Phi) is 5.86. The summed E-state index contributed by atoms with van der Waals surface area (Å²) in [6.07, 6.45) is 0. The number of fused-ring (bicyclic) bond motifs is 15. The standard InChI is InChI=1S/C49H29NO2S/c1-4-15-37-35(14-1)48-40(49(37)38-16-5-8-21-44(38)52-45-22-9-6-17-39(45)49)18-11-19-41(48)50(30-25-27-43-36(28-30)32-12-2-7-20-42(32)51-43)31-24-26-34-33-13-3-10-23-46(33)53-47(34)29-31/h1-29H. The van der Waals surface area contributed by atoms with E-state index in [0.29, 0.717) is 0 Å². The average molecular weight is 696 g/mol. The first-order valence-corrected chi connectivity index (χ1v) is 18.8. The normalized spacial score (nSPS) is 13.6. The Morgan fingerprint density at radius 2 is 1.06 bits per heavy atom. The fourth-order valence-corrected chi connectivity index (χ4v) is 10.3.